The van der Waals surface area contributed by atoms with Crippen LogP contribution in [0.25, 0.3) is 11.1 Å². The van der Waals surface area contributed by atoms with Gasteiger partial charge in [-0.1, -0.05) is 15.9 Å². The van der Waals surface area contributed by atoms with Gasteiger partial charge in [-0.25, -0.2) is 0 Å². The minimum Gasteiger partial charge on any atom is -0.495 e. The summed E-state index contributed by atoms with van der Waals surface area (Å²) < 4.78 is 11.8. The molecule has 0 amide bonds. The van der Waals surface area contributed by atoms with Crippen molar-refractivity contribution >= 4 is 44.4 Å². The van der Waals surface area contributed by atoms with E-state index in [1.54, 1.807) is 25.3 Å². The number of aromatic nitrogens is 1. The molecule has 0 bridgehead atoms. The van der Waals surface area contributed by atoms with E-state index in [1.807, 2.05) is 18.2 Å². The van der Waals surface area contributed by atoms with Crippen LogP contribution in [-0.2, 0) is 0 Å². The van der Waals surface area contributed by atoms with Crippen molar-refractivity contribution in [1.82, 2.24) is 4.98 Å². The van der Waals surface area contributed by atoms with Gasteiger partial charge in [-0.15, -0.1) is 0 Å². The molecule has 2 aromatic carbocycles. The van der Waals surface area contributed by atoms with Gasteiger partial charge in [0.05, 0.1) is 12.8 Å². The molecule has 1 aromatic heterocycles. The number of rotatable bonds is 3. The van der Waals surface area contributed by atoms with Crippen LogP contribution in [0.15, 0.2) is 45.3 Å². The summed E-state index contributed by atoms with van der Waals surface area (Å²) in [5.74, 6) is 0.704. The largest absolute Gasteiger partial charge is 0.495 e. The zero-order valence-corrected chi connectivity index (χ0v) is 12.3. The normalized spacial score (nSPS) is 10.7. The summed E-state index contributed by atoms with van der Waals surface area (Å²) in [7, 11) is 1.61. The summed E-state index contributed by atoms with van der Waals surface area (Å²) in [5.41, 5.74) is 8.52. The third-order valence-electron chi connectivity index (χ3n) is 2.81. The van der Waals surface area contributed by atoms with Gasteiger partial charge >= 0.3 is 0 Å². The first-order valence-electron chi connectivity index (χ1n) is 5.92. The van der Waals surface area contributed by atoms with Crippen LogP contribution in [0.3, 0.4) is 0 Å². The lowest BCUT2D eigenvalue weighted by molar-refractivity contribution is 0.416. The number of nitrogens with two attached hydrogens (primary N) is 1. The molecule has 6 heteroatoms. The molecule has 0 spiro atoms. The Labute approximate surface area is 123 Å². The lowest BCUT2D eigenvalue weighted by atomic mass is 10.3. The molecule has 3 N–H and O–H groups in total. The Balaban J connectivity index is 1.98. The monoisotopic (exact) mass is 333 g/mol. The predicted octanol–water partition coefficient (Wildman–Crippen LogP) is 3.92. The molecule has 0 saturated heterocycles. The Morgan fingerprint density at radius 2 is 2.10 bits per heavy atom. The van der Waals surface area contributed by atoms with Gasteiger partial charge in [0, 0.05) is 10.2 Å². The number of hydrogen-bond donors (Lipinski definition) is 2. The minimum atomic E-state index is 0.391. The Morgan fingerprint density at radius 3 is 2.90 bits per heavy atom. The number of methoxy groups -OCH3 is 1. The molecule has 5 nitrogen and oxygen atoms in total. The molecule has 0 fully saturated rings. The number of fused-ring (bicyclic) bond motifs is 1. The number of anilines is 3. The van der Waals surface area contributed by atoms with E-state index in [1.165, 1.54) is 0 Å². The summed E-state index contributed by atoms with van der Waals surface area (Å²) >= 11 is 3.42. The zero-order chi connectivity index (χ0) is 14.1. The second kappa shape index (κ2) is 5.05. The highest BCUT2D eigenvalue weighted by atomic mass is 79.9. The average molecular weight is 334 g/mol. The van der Waals surface area contributed by atoms with Crippen LogP contribution in [0.4, 0.5) is 17.4 Å². The highest BCUT2D eigenvalue weighted by molar-refractivity contribution is 9.10. The summed E-state index contributed by atoms with van der Waals surface area (Å²) in [6, 6.07) is 11.4. The van der Waals surface area contributed by atoms with Crippen molar-refractivity contribution in [3.8, 4) is 5.75 Å². The van der Waals surface area contributed by atoms with Crippen molar-refractivity contribution < 1.29 is 9.15 Å². The smallest absolute Gasteiger partial charge is 0.300 e. The maximum Gasteiger partial charge on any atom is 0.300 e. The van der Waals surface area contributed by atoms with Gasteiger partial charge in [-0.05, 0) is 36.4 Å². The van der Waals surface area contributed by atoms with E-state index in [-0.39, 0.29) is 0 Å². The maximum atomic E-state index is 5.72. The molecular formula is C14H12BrN3O2. The molecule has 0 aliphatic carbocycles. The molecule has 0 aliphatic heterocycles. The molecule has 20 heavy (non-hydrogen) atoms. The van der Waals surface area contributed by atoms with Crippen LogP contribution < -0.4 is 15.8 Å². The molecular weight excluding hydrogens is 322 g/mol. The highest BCUT2D eigenvalue weighted by Crippen LogP contribution is 2.31. The number of nitrogens with zero attached hydrogens (tertiary/aromatic N) is 1. The van der Waals surface area contributed by atoms with Gasteiger partial charge in [0.1, 0.15) is 11.3 Å². The first-order valence-corrected chi connectivity index (χ1v) is 6.71. The van der Waals surface area contributed by atoms with Gasteiger partial charge in [0.2, 0.25) is 0 Å². The Morgan fingerprint density at radius 1 is 1.25 bits per heavy atom. The van der Waals surface area contributed by atoms with Gasteiger partial charge in [-0.3, -0.25) is 0 Å². The number of nitrogens with one attached hydrogen (secondary N) is 1. The molecule has 0 saturated carbocycles. The van der Waals surface area contributed by atoms with E-state index in [4.69, 9.17) is 14.9 Å². The lowest BCUT2D eigenvalue weighted by Gasteiger charge is -2.08. The molecule has 1 heterocycles. The lowest BCUT2D eigenvalue weighted by Crippen LogP contribution is -1.94. The van der Waals surface area contributed by atoms with Crippen molar-refractivity contribution in [2.45, 2.75) is 0 Å². The molecule has 0 atom stereocenters. The van der Waals surface area contributed by atoms with E-state index in [0.717, 1.165) is 10.2 Å². The zero-order valence-electron chi connectivity index (χ0n) is 10.7. The number of hydrogen-bond acceptors (Lipinski definition) is 5. The summed E-state index contributed by atoms with van der Waals surface area (Å²) in [6.45, 7) is 0. The first kappa shape index (κ1) is 12.8. The van der Waals surface area contributed by atoms with Crippen LogP contribution in [0.1, 0.15) is 0 Å². The number of benzene rings is 2. The van der Waals surface area contributed by atoms with E-state index in [2.05, 4.69) is 26.2 Å². The predicted molar refractivity (Wildman–Crippen MR) is 82.4 cm³/mol. The highest BCUT2D eigenvalue weighted by Gasteiger charge is 2.09. The van der Waals surface area contributed by atoms with E-state index in [9.17, 15) is 0 Å². The molecule has 0 aliphatic rings. The Hall–Kier alpha value is -2.21. The third-order valence-corrected chi connectivity index (χ3v) is 3.31. The van der Waals surface area contributed by atoms with Crippen molar-refractivity contribution in [2.24, 2.45) is 0 Å². The molecule has 3 aromatic rings. The van der Waals surface area contributed by atoms with E-state index < -0.39 is 0 Å². The van der Waals surface area contributed by atoms with Crippen LogP contribution in [0.2, 0.25) is 0 Å². The number of ether oxygens (including phenoxy) is 1. The Kier molecular flexibility index (Phi) is 3.23. The van der Waals surface area contributed by atoms with Gasteiger partial charge in [0.25, 0.3) is 6.01 Å². The fraction of sp³-hybridized carbons (Fsp3) is 0.0714. The van der Waals surface area contributed by atoms with Crippen molar-refractivity contribution in [3.05, 3.63) is 40.9 Å². The van der Waals surface area contributed by atoms with Crippen molar-refractivity contribution in [2.75, 3.05) is 18.2 Å². The Bertz CT molecular complexity index is 770. The summed E-state index contributed by atoms with van der Waals surface area (Å²) in [6.07, 6.45) is 0. The fourth-order valence-corrected chi connectivity index (χ4v) is 2.25. The van der Waals surface area contributed by atoms with Crippen LogP contribution in [0, 0.1) is 0 Å². The average Bonchev–Trinajstić information content (AvgIpc) is 2.80. The van der Waals surface area contributed by atoms with Gasteiger partial charge in [0.15, 0.2) is 5.58 Å². The van der Waals surface area contributed by atoms with Gasteiger partial charge in [-0.2, -0.15) is 4.98 Å². The van der Waals surface area contributed by atoms with Crippen molar-refractivity contribution in [3.63, 3.8) is 0 Å². The first-order chi connectivity index (χ1) is 9.65. The standard InChI is InChI=1S/C14H12BrN3O2/c1-19-12-4-2-8(15)6-10(12)17-14-18-11-7-9(16)3-5-13(11)20-14/h2-7H,16H2,1H3,(H,17,18). The van der Waals surface area contributed by atoms with Gasteiger partial charge < -0.3 is 20.2 Å². The topological polar surface area (TPSA) is 73.3 Å². The number of oxazole rings is 1. The quantitative estimate of drug-likeness (QED) is 0.710. The number of nitrogen functional groups attached to an aromatic ring is 1. The summed E-state index contributed by atoms with van der Waals surface area (Å²) in [4.78, 5) is 4.35. The molecule has 102 valence electrons. The van der Waals surface area contributed by atoms with E-state index >= 15 is 0 Å². The molecule has 3 rings (SSSR count). The number of halogens is 1. The van der Waals surface area contributed by atoms with Crippen LogP contribution in [-0.4, -0.2) is 12.1 Å². The minimum absolute atomic E-state index is 0.391. The second-order valence-corrected chi connectivity index (χ2v) is 5.13. The fourth-order valence-electron chi connectivity index (χ4n) is 1.89. The SMILES string of the molecule is COc1ccc(Br)cc1Nc1nc2cc(N)ccc2o1. The third kappa shape index (κ3) is 2.42. The van der Waals surface area contributed by atoms with Crippen LogP contribution >= 0.6 is 15.9 Å². The summed E-state index contributed by atoms with van der Waals surface area (Å²) in [5, 5.41) is 3.10. The maximum absolute atomic E-state index is 5.72. The molecule has 0 radical (unpaired) electrons. The van der Waals surface area contributed by atoms with Crippen molar-refractivity contribution in [1.29, 1.82) is 0 Å². The van der Waals surface area contributed by atoms with Crippen LogP contribution in [0.5, 0.6) is 5.75 Å². The second-order valence-electron chi connectivity index (χ2n) is 4.22. The van der Waals surface area contributed by atoms with E-state index in [0.29, 0.717) is 28.6 Å². The molecule has 0 unspecified atom stereocenters.